The number of nitrogens with zero attached hydrogens (tertiary/aromatic N) is 4. The molecule has 3 N–H and O–H groups in total. The summed E-state index contributed by atoms with van der Waals surface area (Å²) < 4.78 is 23.5. The third-order valence-corrected chi connectivity index (χ3v) is 4.71. The van der Waals surface area contributed by atoms with Crippen molar-refractivity contribution in [3.05, 3.63) is 12.7 Å². The maximum Gasteiger partial charge on any atom is 0.353 e. The third-order valence-electron chi connectivity index (χ3n) is 2.84. The molecule has 0 spiro atoms. The van der Waals surface area contributed by atoms with Gasteiger partial charge in [0.15, 0.2) is 16.6 Å². The van der Waals surface area contributed by atoms with Gasteiger partial charge in [-0.1, -0.05) is 11.8 Å². The SMILES string of the molecule is CC(=O)SCCOP(=O)(O)COCCn1cnc2c(N)ncnc21. The molecule has 0 saturated carbocycles. The van der Waals surface area contributed by atoms with E-state index in [-0.39, 0.29) is 24.1 Å². The van der Waals surface area contributed by atoms with Gasteiger partial charge in [0.25, 0.3) is 0 Å². The predicted molar refractivity (Wildman–Crippen MR) is 89.5 cm³/mol. The Morgan fingerprint density at radius 3 is 2.96 bits per heavy atom. The average Bonchev–Trinajstić information content (AvgIpc) is 2.93. The van der Waals surface area contributed by atoms with Crippen LogP contribution in [0.2, 0.25) is 0 Å². The Hall–Kier alpha value is -1.52. The van der Waals surface area contributed by atoms with Crippen LogP contribution in [0.4, 0.5) is 5.82 Å². The molecule has 0 aromatic carbocycles. The molecule has 0 aliphatic carbocycles. The van der Waals surface area contributed by atoms with Gasteiger partial charge in [-0.15, -0.1) is 0 Å². The Bertz CT molecular complexity index is 755. The van der Waals surface area contributed by atoms with Gasteiger partial charge in [-0.3, -0.25) is 9.36 Å². The van der Waals surface area contributed by atoms with Crippen LogP contribution in [0, 0.1) is 0 Å². The highest BCUT2D eigenvalue weighted by Gasteiger charge is 2.19. The zero-order chi connectivity index (χ0) is 17.6. The van der Waals surface area contributed by atoms with Gasteiger partial charge < -0.3 is 24.5 Å². The molecular weight excluding hydrogens is 357 g/mol. The number of ether oxygens (including phenoxy) is 1. The number of carbonyl (C=O) groups is 1. The molecule has 1 unspecified atom stereocenters. The fourth-order valence-electron chi connectivity index (χ4n) is 1.81. The van der Waals surface area contributed by atoms with E-state index in [9.17, 15) is 14.3 Å². The average molecular weight is 375 g/mol. The van der Waals surface area contributed by atoms with Gasteiger partial charge in [-0.05, 0) is 0 Å². The summed E-state index contributed by atoms with van der Waals surface area (Å²) in [6.07, 6.45) is 2.46. The van der Waals surface area contributed by atoms with Crippen LogP contribution < -0.4 is 5.73 Å². The Morgan fingerprint density at radius 2 is 2.21 bits per heavy atom. The Kier molecular flexibility index (Phi) is 6.69. The second-order valence-electron chi connectivity index (χ2n) is 4.72. The highest BCUT2D eigenvalue weighted by molar-refractivity contribution is 8.13. The summed E-state index contributed by atoms with van der Waals surface area (Å²) in [7, 11) is -3.83. The normalized spacial score (nSPS) is 13.9. The third kappa shape index (κ3) is 5.53. The molecule has 2 aromatic rings. The molecule has 1 atom stereocenters. The second kappa shape index (κ2) is 8.54. The van der Waals surface area contributed by atoms with E-state index in [1.165, 1.54) is 13.3 Å². The molecule has 0 aliphatic rings. The molecular formula is C12H18N5O5PS. The first-order valence-corrected chi connectivity index (χ1v) is 9.72. The van der Waals surface area contributed by atoms with Gasteiger partial charge in [-0.2, -0.15) is 0 Å². The molecule has 0 aliphatic heterocycles. The molecule has 0 radical (unpaired) electrons. The molecule has 0 amide bonds. The number of nitrogens with two attached hydrogens (primary N) is 1. The van der Waals surface area contributed by atoms with Crippen LogP contribution in [0.1, 0.15) is 6.92 Å². The minimum atomic E-state index is -3.83. The monoisotopic (exact) mass is 375 g/mol. The van der Waals surface area contributed by atoms with Crippen LogP contribution in [0.25, 0.3) is 11.2 Å². The molecule has 2 heterocycles. The van der Waals surface area contributed by atoms with Gasteiger partial charge in [0.2, 0.25) is 0 Å². The van der Waals surface area contributed by atoms with Crippen molar-refractivity contribution < 1.29 is 23.5 Å². The molecule has 12 heteroatoms. The Balaban J connectivity index is 1.74. The van der Waals surface area contributed by atoms with Crippen molar-refractivity contribution in [2.75, 3.05) is 31.0 Å². The fourth-order valence-corrected chi connectivity index (χ4v) is 3.20. The highest BCUT2D eigenvalue weighted by atomic mass is 32.2. The lowest BCUT2D eigenvalue weighted by molar-refractivity contribution is -0.109. The number of fused-ring (bicyclic) bond motifs is 1. The van der Waals surface area contributed by atoms with Crippen LogP contribution in [-0.4, -0.2) is 54.8 Å². The van der Waals surface area contributed by atoms with E-state index < -0.39 is 13.9 Å². The predicted octanol–water partition coefficient (Wildman–Crippen LogP) is 0.864. The first-order valence-electron chi connectivity index (χ1n) is 6.98. The molecule has 0 saturated heterocycles. The van der Waals surface area contributed by atoms with E-state index >= 15 is 0 Å². The number of hydrogen-bond donors (Lipinski definition) is 2. The van der Waals surface area contributed by atoms with E-state index in [0.29, 0.717) is 23.5 Å². The highest BCUT2D eigenvalue weighted by Crippen LogP contribution is 2.41. The molecule has 0 bridgehead atoms. The first kappa shape index (κ1) is 18.8. The van der Waals surface area contributed by atoms with Crippen molar-refractivity contribution >= 4 is 41.5 Å². The molecule has 2 aromatic heterocycles. The van der Waals surface area contributed by atoms with Crippen molar-refractivity contribution in [3.63, 3.8) is 0 Å². The summed E-state index contributed by atoms with van der Waals surface area (Å²) in [5, 5.41) is -0.0698. The molecule has 0 fully saturated rings. The minimum absolute atomic E-state index is 0.00371. The van der Waals surface area contributed by atoms with Crippen LogP contribution in [0.15, 0.2) is 12.7 Å². The lowest BCUT2D eigenvalue weighted by Crippen LogP contribution is -2.08. The number of anilines is 1. The van der Waals surface area contributed by atoms with Gasteiger partial charge in [0.05, 0.1) is 19.5 Å². The van der Waals surface area contributed by atoms with E-state index in [1.54, 1.807) is 10.9 Å². The lowest BCUT2D eigenvalue weighted by Gasteiger charge is -2.12. The summed E-state index contributed by atoms with van der Waals surface area (Å²) in [6.45, 7) is 1.98. The number of imidazole rings is 1. The fraction of sp³-hybridized carbons (Fsp3) is 0.500. The minimum Gasteiger partial charge on any atom is -0.382 e. The van der Waals surface area contributed by atoms with Crippen molar-refractivity contribution in [2.45, 2.75) is 13.5 Å². The maximum absolute atomic E-state index is 11.7. The summed E-state index contributed by atoms with van der Waals surface area (Å²) in [5.74, 6) is 0.610. The van der Waals surface area contributed by atoms with Crippen LogP contribution in [-0.2, 0) is 25.2 Å². The molecule has 2 rings (SSSR count). The smallest absolute Gasteiger partial charge is 0.353 e. The summed E-state index contributed by atoms with van der Waals surface area (Å²) in [6, 6.07) is 0. The number of nitrogen functional groups attached to an aromatic ring is 1. The van der Waals surface area contributed by atoms with E-state index in [2.05, 4.69) is 15.0 Å². The van der Waals surface area contributed by atoms with Crippen molar-refractivity contribution in [3.8, 4) is 0 Å². The van der Waals surface area contributed by atoms with Crippen molar-refractivity contribution in [1.29, 1.82) is 0 Å². The van der Waals surface area contributed by atoms with Gasteiger partial charge in [0, 0.05) is 19.2 Å². The van der Waals surface area contributed by atoms with Crippen LogP contribution >= 0.6 is 19.4 Å². The summed E-state index contributed by atoms with van der Waals surface area (Å²) in [5.41, 5.74) is 6.75. The maximum atomic E-state index is 11.7. The largest absolute Gasteiger partial charge is 0.382 e. The second-order valence-corrected chi connectivity index (χ2v) is 7.78. The van der Waals surface area contributed by atoms with Crippen molar-refractivity contribution in [1.82, 2.24) is 19.5 Å². The Morgan fingerprint density at radius 1 is 1.42 bits per heavy atom. The topological polar surface area (TPSA) is 142 Å². The number of thioether (sulfide) groups is 1. The van der Waals surface area contributed by atoms with Crippen LogP contribution in [0.5, 0.6) is 0 Å². The molecule has 132 valence electrons. The zero-order valence-electron chi connectivity index (χ0n) is 13.0. The summed E-state index contributed by atoms with van der Waals surface area (Å²) >= 11 is 1.03. The van der Waals surface area contributed by atoms with Gasteiger partial charge >= 0.3 is 7.60 Å². The van der Waals surface area contributed by atoms with E-state index in [0.717, 1.165) is 11.8 Å². The van der Waals surface area contributed by atoms with Crippen molar-refractivity contribution in [2.24, 2.45) is 0 Å². The number of carbonyl (C=O) groups excluding carboxylic acids is 1. The van der Waals surface area contributed by atoms with Gasteiger partial charge in [0.1, 0.15) is 18.2 Å². The summed E-state index contributed by atoms with van der Waals surface area (Å²) in [4.78, 5) is 32.4. The zero-order valence-corrected chi connectivity index (χ0v) is 14.7. The first-order chi connectivity index (χ1) is 11.4. The van der Waals surface area contributed by atoms with Gasteiger partial charge in [-0.25, -0.2) is 15.0 Å². The van der Waals surface area contributed by atoms with E-state index in [4.69, 9.17) is 15.0 Å². The van der Waals surface area contributed by atoms with E-state index in [1.807, 2.05) is 0 Å². The quantitative estimate of drug-likeness (QED) is 0.478. The Labute approximate surface area is 142 Å². The number of hydrogen-bond acceptors (Lipinski definition) is 9. The molecule has 10 nitrogen and oxygen atoms in total. The number of rotatable bonds is 9. The van der Waals surface area contributed by atoms with Crippen LogP contribution in [0.3, 0.4) is 0 Å². The number of aromatic nitrogens is 4. The standard InChI is InChI=1S/C12H18N5O5PS/c1-9(18)24-5-4-22-23(19,20)8-21-3-2-17-7-16-10-11(13)14-6-15-12(10)17/h6-7H,2-5,8H2,1H3,(H,19,20)(H2,13,14,15). The molecule has 24 heavy (non-hydrogen) atoms. The lowest BCUT2D eigenvalue weighted by atomic mass is 10.5.